The molecule has 0 saturated heterocycles. The van der Waals surface area contributed by atoms with Crippen LogP contribution in [0.2, 0.25) is 0 Å². The number of aromatic nitrogens is 3. The van der Waals surface area contributed by atoms with Crippen LogP contribution in [-0.4, -0.2) is 27.0 Å². The molecule has 0 amide bonds. The second-order valence-electron chi connectivity index (χ2n) is 2.76. The third kappa shape index (κ3) is 1.20. The molecular formula is C8H9N5S. The zero-order valence-electron chi connectivity index (χ0n) is 7.53. The summed E-state index contributed by atoms with van der Waals surface area (Å²) < 4.78 is 0. The van der Waals surface area contributed by atoms with E-state index < -0.39 is 0 Å². The monoisotopic (exact) mass is 207 g/mol. The molecule has 4 N–H and O–H groups in total. The highest BCUT2D eigenvalue weighted by Gasteiger charge is 2.11. The predicted octanol–water partition coefficient (Wildman–Crippen LogP) is 0.634. The summed E-state index contributed by atoms with van der Waals surface area (Å²) in [4.78, 5) is 11.5. The van der Waals surface area contributed by atoms with Gasteiger partial charge in [-0.25, -0.2) is 9.97 Å². The van der Waals surface area contributed by atoms with Crippen LogP contribution < -0.4 is 11.1 Å². The second kappa shape index (κ2) is 3.22. The van der Waals surface area contributed by atoms with Crippen LogP contribution in [-0.2, 0) is 0 Å². The molecule has 0 aliphatic heterocycles. The lowest BCUT2D eigenvalue weighted by molar-refractivity contribution is 1.19. The number of aromatic amines is 1. The molecule has 2 rings (SSSR count). The van der Waals surface area contributed by atoms with Crippen molar-refractivity contribution in [3.05, 3.63) is 18.1 Å². The van der Waals surface area contributed by atoms with Crippen LogP contribution in [0.15, 0.2) is 12.5 Å². The topological polar surface area (TPSA) is 79.6 Å². The number of hydrogen-bond donors (Lipinski definition) is 3. The molecule has 0 radical (unpaired) electrons. The van der Waals surface area contributed by atoms with Gasteiger partial charge in [0.15, 0.2) is 0 Å². The van der Waals surface area contributed by atoms with E-state index in [-0.39, 0.29) is 0 Å². The molecule has 6 heteroatoms. The fourth-order valence-electron chi connectivity index (χ4n) is 1.35. The Morgan fingerprint density at radius 1 is 1.57 bits per heavy atom. The normalized spacial score (nSPS) is 10.4. The van der Waals surface area contributed by atoms with Crippen LogP contribution in [0.5, 0.6) is 0 Å². The first-order chi connectivity index (χ1) is 6.74. The summed E-state index contributed by atoms with van der Waals surface area (Å²) in [5.74, 6) is 0.721. The van der Waals surface area contributed by atoms with E-state index in [1.807, 2.05) is 0 Å². The Balaban J connectivity index is 2.81. The van der Waals surface area contributed by atoms with Crippen LogP contribution in [0.1, 0.15) is 5.56 Å². The minimum Gasteiger partial charge on any atom is -0.389 e. The molecule has 14 heavy (non-hydrogen) atoms. The third-order valence-corrected chi connectivity index (χ3v) is 2.19. The summed E-state index contributed by atoms with van der Waals surface area (Å²) in [5.41, 5.74) is 7.07. The van der Waals surface area contributed by atoms with E-state index in [4.69, 9.17) is 18.0 Å². The van der Waals surface area contributed by atoms with Gasteiger partial charge in [-0.05, 0) is 0 Å². The van der Waals surface area contributed by atoms with E-state index in [1.54, 1.807) is 13.2 Å². The molecule has 0 unspecified atom stereocenters. The van der Waals surface area contributed by atoms with Gasteiger partial charge in [0, 0.05) is 18.8 Å². The van der Waals surface area contributed by atoms with Crippen molar-refractivity contribution in [2.45, 2.75) is 0 Å². The lowest BCUT2D eigenvalue weighted by atomic mass is 10.2. The molecule has 0 aliphatic rings. The van der Waals surface area contributed by atoms with Crippen LogP contribution in [0.3, 0.4) is 0 Å². The van der Waals surface area contributed by atoms with E-state index in [9.17, 15) is 0 Å². The van der Waals surface area contributed by atoms with Crippen LogP contribution in [0.4, 0.5) is 5.82 Å². The molecule has 0 aromatic carbocycles. The summed E-state index contributed by atoms with van der Waals surface area (Å²) in [5, 5.41) is 3.80. The molecule has 0 aliphatic carbocycles. The Bertz CT molecular complexity index is 489. The average Bonchev–Trinajstić information content (AvgIpc) is 2.60. The van der Waals surface area contributed by atoms with Crippen molar-refractivity contribution < 1.29 is 0 Å². The molecule has 0 atom stereocenters. The van der Waals surface area contributed by atoms with E-state index in [0.717, 1.165) is 22.4 Å². The number of nitrogens with one attached hydrogen (secondary N) is 2. The zero-order chi connectivity index (χ0) is 10.1. The van der Waals surface area contributed by atoms with Gasteiger partial charge >= 0.3 is 0 Å². The SMILES string of the molecule is CNc1ncnc2[nH]cc(C(N)=S)c12. The molecule has 72 valence electrons. The molecule has 5 nitrogen and oxygen atoms in total. The standard InChI is InChI=1S/C8H9N5S/c1-10-7-5-4(6(9)14)2-11-8(5)13-3-12-7/h2-3H,1H3,(H2,9,14)(H2,10,11,12,13). The Morgan fingerprint density at radius 3 is 3.00 bits per heavy atom. The molecule has 2 aromatic heterocycles. The van der Waals surface area contributed by atoms with E-state index in [2.05, 4.69) is 20.3 Å². The van der Waals surface area contributed by atoms with Gasteiger partial charge in [-0.1, -0.05) is 12.2 Å². The molecule has 0 spiro atoms. The lowest BCUT2D eigenvalue weighted by Crippen LogP contribution is -2.09. The summed E-state index contributed by atoms with van der Waals surface area (Å²) in [6.07, 6.45) is 3.22. The number of nitrogens with two attached hydrogens (primary N) is 1. The van der Waals surface area contributed by atoms with Crippen LogP contribution in [0.25, 0.3) is 11.0 Å². The maximum absolute atomic E-state index is 5.58. The number of hydrogen-bond acceptors (Lipinski definition) is 4. The van der Waals surface area contributed by atoms with Crippen molar-refractivity contribution >= 4 is 34.1 Å². The fourth-order valence-corrected chi connectivity index (χ4v) is 1.51. The number of nitrogens with zero attached hydrogens (tertiary/aromatic N) is 2. The van der Waals surface area contributed by atoms with Crippen molar-refractivity contribution in [1.29, 1.82) is 0 Å². The first-order valence-corrected chi connectivity index (χ1v) is 4.44. The van der Waals surface area contributed by atoms with Crippen molar-refractivity contribution in [1.82, 2.24) is 15.0 Å². The van der Waals surface area contributed by atoms with Gasteiger partial charge in [-0.15, -0.1) is 0 Å². The van der Waals surface area contributed by atoms with Crippen LogP contribution >= 0.6 is 12.2 Å². The van der Waals surface area contributed by atoms with Crippen molar-refractivity contribution in [3.63, 3.8) is 0 Å². The smallest absolute Gasteiger partial charge is 0.143 e. The Hall–Kier alpha value is -1.69. The van der Waals surface area contributed by atoms with Gasteiger partial charge in [0.2, 0.25) is 0 Å². The molecule has 0 bridgehead atoms. The van der Waals surface area contributed by atoms with Gasteiger partial charge in [0.1, 0.15) is 22.8 Å². The summed E-state index contributed by atoms with van der Waals surface area (Å²) in [7, 11) is 1.79. The zero-order valence-corrected chi connectivity index (χ0v) is 8.35. The predicted molar refractivity (Wildman–Crippen MR) is 59.3 cm³/mol. The number of H-pyrrole nitrogens is 1. The minimum atomic E-state index is 0.336. The maximum atomic E-state index is 5.58. The van der Waals surface area contributed by atoms with Gasteiger partial charge < -0.3 is 16.0 Å². The Labute approximate surface area is 85.7 Å². The average molecular weight is 207 g/mol. The highest BCUT2D eigenvalue weighted by Crippen LogP contribution is 2.22. The van der Waals surface area contributed by atoms with E-state index >= 15 is 0 Å². The summed E-state index contributed by atoms with van der Waals surface area (Å²) in [6, 6.07) is 0. The van der Waals surface area contributed by atoms with Crippen molar-refractivity contribution in [2.75, 3.05) is 12.4 Å². The Kier molecular flexibility index (Phi) is 2.05. The second-order valence-corrected chi connectivity index (χ2v) is 3.20. The number of anilines is 1. The van der Waals surface area contributed by atoms with Gasteiger partial charge in [-0.3, -0.25) is 0 Å². The molecule has 0 saturated carbocycles. The van der Waals surface area contributed by atoms with Crippen molar-refractivity contribution in [2.24, 2.45) is 5.73 Å². The number of rotatable bonds is 2. The van der Waals surface area contributed by atoms with Crippen LogP contribution in [0, 0.1) is 0 Å². The first kappa shape index (κ1) is 8.89. The summed E-state index contributed by atoms with van der Waals surface area (Å²) >= 11 is 4.93. The highest BCUT2D eigenvalue weighted by molar-refractivity contribution is 7.80. The largest absolute Gasteiger partial charge is 0.389 e. The lowest BCUT2D eigenvalue weighted by Gasteiger charge is -2.01. The fraction of sp³-hybridized carbons (Fsp3) is 0.125. The first-order valence-electron chi connectivity index (χ1n) is 4.03. The quantitative estimate of drug-likeness (QED) is 0.629. The molecule has 2 heterocycles. The summed E-state index contributed by atoms with van der Waals surface area (Å²) in [6.45, 7) is 0. The maximum Gasteiger partial charge on any atom is 0.143 e. The minimum absolute atomic E-state index is 0.336. The van der Waals surface area contributed by atoms with E-state index in [0.29, 0.717) is 4.99 Å². The number of thiocarbonyl (C=S) groups is 1. The number of fused-ring (bicyclic) bond motifs is 1. The third-order valence-electron chi connectivity index (χ3n) is 1.97. The highest BCUT2D eigenvalue weighted by atomic mass is 32.1. The molecular weight excluding hydrogens is 198 g/mol. The van der Waals surface area contributed by atoms with Gasteiger partial charge in [-0.2, -0.15) is 0 Å². The van der Waals surface area contributed by atoms with Gasteiger partial charge in [0.05, 0.1) is 5.39 Å². The van der Waals surface area contributed by atoms with Gasteiger partial charge in [0.25, 0.3) is 0 Å². The molecule has 0 fully saturated rings. The molecule has 2 aromatic rings. The Morgan fingerprint density at radius 2 is 2.36 bits per heavy atom. The van der Waals surface area contributed by atoms with E-state index in [1.165, 1.54) is 6.33 Å². The van der Waals surface area contributed by atoms with Crippen molar-refractivity contribution in [3.8, 4) is 0 Å².